The van der Waals surface area contributed by atoms with Gasteiger partial charge < -0.3 is 4.43 Å². The second-order valence-electron chi connectivity index (χ2n) is 6.34. The summed E-state index contributed by atoms with van der Waals surface area (Å²) in [4.78, 5) is 0. The van der Waals surface area contributed by atoms with Gasteiger partial charge in [0.1, 0.15) is 0 Å². The molecule has 0 saturated heterocycles. The molecule has 0 fully saturated rings. The van der Waals surface area contributed by atoms with Crippen molar-refractivity contribution in [3.8, 4) is 0 Å². The van der Waals surface area contributed by atoms with Crippen LogP contribution in [0.4, 0.5) is 0 Å². The molecule has 1 radical (unpaired) electrons. The van der Waals surface area contributed by atoms with Crippen molar-refractivity contribution in [1.29, 1.82) is 0 Å². The van der Waals surface area contributed by atoms with Gasteiger partial charge in [-0.25, -0.2) is 0 Å². The Labute approximate surface area is 142 Å². The molecule has 0 unspecified atom stereocenters. The first-order valence-corrected chi connectivity index (χ1v) is 11.9. The Bertz CT molecular complexity index is 258. The van der Waals surface area contributed by atoms with Crippen LogP contribution in [0.15, 0.2) is 24.3 Å². The van der Waals surface area contributed by atoms with Crippen LogP contribution < -0.4 is 0 Å². The second-order valence-corrected chi connectivity index (χ2v) is 8.45. The first-order chi connectivity index (χ1) is 10.8. The van der Waals surface area contributed by atoms with Crippen LogP contribution in [0.3, 0.4) is 0 Å². The van der Waals surface area contributed by atoms with E-state index in [1.807, 2.05) is 0 Å². The van der Waals surface area contributed by atoms with Crippen LogP contribution in [0.1, 0.15) is 84.0 Å². The van der Waals surface area contributed by atoms with E-state index in [0.717, 1.165) is 13.0 Å². The average molecular weight is 324 g/mol. The highest BCUT2D eigenvalue weighted by atomic mass is 28.3. The quantitative estimate of drug-likeness (QED) is 0.168. The Balaban J connectivity index is 3.14. The van der Waals surface area contributed by atoms with Crippen molar-refractivity contribution in [1.82, 2.24) is 0 Å². The molecule has 0 aliphatic rings. The molecular formula is C20H39OSi. The summed E-state index contributed by atoms with van der Waals surface area (Å²) in [5.74, 6) is 0. The number of hydrogen-bond donors (Lipinski definition) is 0. The fraction of sp³-hybridized carbons (Fsp3) is 0.800. The number of allylic oxidation sites excluding steroid dienone is 4. The van der Waals surface area contributed by atoms with Gasteiger partial charge in [-0.3, -0.25) is 0 Å². The molecule has 0 aromatic carbocycles. The van der Waals surface area contributed by atoms with Crippen LogP contribution in [-0.4, -0.2) is 15.6 Å². The Morgan fingerprint density at radius 1 is 0.682 bits per heavy atom. The molecule has 0 heterocycles. The summed E-state index contributed by atoms with van der Waals surface area (Å²) in [6.07, 6.45) is 25.1. The molecule has 0 bridgehead atoms. The highest BCUT2D eigenvalue weighted by Crippen LogP contribution is 2.08. The van der Waals surface area contributed by atoms with E-state index in [9.17, 15) is 0 Å². The Hall–Kier alpha value is -0.343. The largest absolute Gasteiger partial charge is 0.417 e. The Morgan fingerprint density at radius 2 is 1.23 bits per heavy atom. The van der Waals surface area contributed by atoms with Crippen molar-refractivity contribution in [3.05, 3.63) is 24.3 Å². The van der Waals surface area contributed by atoms with Crippen molar-refractivity contribution >= 4 is 9.04 Å². The van der Waals surface area contributed by atoms with E-state index >= 15 is 0 Å². The summed E-state index contributed by atoms with van der Waals surface area (Å²) in [5, 5.41) is 0. The predicted molar refractivity (Wildman–Crippen MR) is 103 cm³/mol. The highest BCUT2D eigenvalue weighted by Gasteiger charge is 1.96. The van der Waals surface area contributed by atoms with E-state index in [2.05, 4.69) is 44.3 Å². The zero-order valence-corrected chi connectivity index (χ0v) is 16.4. The lowest BCUT2D eigenvalue weighted by Gasteiger charge is -2.05. The maximum absolute atomic E-state index is 5.65. The van der Waals surface area contributed by atoms with Crippen molar-refractivity contribution in [2.24, 2.45) is 0 Å². The molecule has 0 amide bonds. The Morgan fingerprint density at radius 3 is 1.82 bits per heavy atom. The maximum Gasteiger partial charge on any atom is 0.204 e. The zero-order valence-electron chi connectivity index (χ0n) is 15.4. The van der Waals surface area contributed by atoms with Crippen LogP contribution in [0.25, 0.3) is 0 Å². The smallest absolute Gasteiger partial charge is 0.204 e. The average Bonchev–Trinajstić information content (AvgIpc) is 2.50. The lowest BCUT2D eigenvalue weighted by atomic mass is 10.1. The van der Waals surface area contributed by atoms with Crippen molar-refractivity contribution in [3.63, 3.8) is 0 Å². The number of unbranched alkanes of at least 4 members (excludes halogenated alkanes) is 9. The number of hydrogen-bond acceptors (Lipinski definition) is 1. The van der Waals surface area contributed by atoms with Crippen LogP contribution in [0, 0.1) is 0 Å². The fourth-order valence-corrected chi connectivity index (χ4v) is 2.92. The normalized spacial score (nSPS) is 12.2. The lowest BCUT2D eigenvalue weighted by molar-refractivity contribution is 0.312. The van der Waals surface area contributed by atoms with Crippen molar-refractivity contribution < 1.29 is 4.43 Å². The summed E-state index contributed by atoms with van der Waals surface area (Å²) in [6, 6.07) is 0. The van der Waals surface area contributed by atoms with Gasteiger partial charge in [0.15, 0.2) is 0 Å². The minimum atomic E-state index is -0.467. The zero-order chi connectivity index (χ0) is 16.3. The molecule has 0 saturated carbocycles. The first-order valence-electron chi connectivity index (χ1n) is 9.50. The molecule has 0 aliphatic carbocycles. The summed E-state index contributed by atoms with van der Waals surface area (Å²) < 4.78 is 5.65. The number of rotatable bonds is 16. The van der Waals surface area contributed by atoms with E-state index < -0.39 is 9.04 Å². The predicted octanol–water partition coefficient (Wildman–Crippen LogP) is 7.07. The van der Waals surface area contributed by atoms with E-state index in [-0.39, 0.29) is 0 Å². The summed E-state index contributed by atoms with van der Waals surface area (Å²) in [7, 11) is -0.467. The van der Waals surface area contributed by atoms with Crippen LogP contribution in [-0.2, 0) is 4.43 Å². The van der Waals surface area contributed by atoms with E-state index in [1.54, 1.807) is 0 Å². The van der Waals surface area contributed by atoms with Gasteiger partial charge in [-0.1, -0.05) is 69.8 Å². The van der Waals surface area contributed by atoms with Crippen molar-refractivity contribution in [2.75, 3.05) is 6.61 Å². The molecular weight excluding hydrogens is 284 g/mol. The van der Waals surface area contributed by atoms with Gasteiger partial charge in [0, 0.05) is 6.61 Å². The van der Waals surface area contributed by atoms with Gasteiger partial charge in [-0.05, 0) is 51.6 Å². The topological polar surface area (TPSA) is 9.23 Å². The van der Waals surface area contributed by atoms with Gasteiger partial charge in [-0.15, -0.1) is 0 Å². The molecule has 129 valence electrons. The standard InChI is InChI=1S/C20H39OSi/c1-4-5-6-7-8-9-10-11-12-13-14-15-16-17-18-19-20-21-22(2)3/h8-9,11-12H,4-7,10,13-20H2,1-3H3/b9-8-,12-11-. The van der Waals surface area contributed by atoms with Gasteiger partial charge in [0.25, 0.3) is 0 Å². The lowest BCUT2D eigenvalue weighted by Crippen LogP contribution is -2.08. The van der Waals surface area contributed by atoms with Gasteiger partial charge in [0.2, 0.25) is 9.04 Å². The summed E-state index contributed by atoms with van der Waals surface area (Å²) in [6.45, 7) is 7.66. The third-order valence-electron chi connectivity index (χ3n) is 3.74. The SMILES string of the molecule is CCCCC/C=C\C/C=C\CCCCCCCCO[Si](C)C. The van der Waals surface area contributed by atoms with Crippen LogP contribution >= 0.6 is 0 Å². The third-order valence-corrected chi connectivity index (χ3v) is 4.52. The molecule has 1 nitrogen and oxygen atoms in total. The molecule has 0 atom stereocenters. The second kappa shape index (κ2) is 18.7. The van der Waals surface area contributed by atoms with Crippen LogP contribution in [0.2, 0.25) is 13.1 Å². The minimum Gasteiger partial charge on any atom is -0.417 e. The molecule has 0 aliphatic heterocycles. The van der Waals surface area contributed by atoms with Gasteiger partial charge >= 0.3 is 0 Å². The highest BCUT2D eigenvalue weighted by molar-refractivity contribution is 6.48. The van der Waals surface area contributed by atoms with Gasteiger partial charge in [0.05, 0.1) is 0 Å². The monoisotopic (exact) mass is 323 g/mol. The molecule has 0 spiro atoms. The van der Waals surface area contributed by atoms with E-state index in [1.165, 1.54) is 70.6 Å². The van der Waals surface area contributed by atoms with Crippen molar-refractivity contribution in [2.45, 2.75) is 97.1 Å². The molecule has 22 heavy (non-hydrogen) atoms. The molecule has 2 heteroatoms. The molecule has 0 N–H and O–H groups in total. The summed E-state index contributed by atoms with van der Waals surface area (Å²) >= 11 is 0. The summed E-state index contributed by atoms with van der Waals surface area (Å²) in [5.41, 5.74) is 0. The third kappa shape index (κ3) is 19.7. The molecule has 0 aromatic heterocycles. The maximum atomic E-state index is 5.65. The first kappa shape index (κ1) is 21.7. The van der Waals surface area contributed by atoms with Crippen LogP contribution in [0.5, 0.6) is 0 Å². The van der Waals surface area contributed by atoms with E-state index in [4.69, 9.17) is 4.43 Å². The Kier molecular flexibility index (Phi) is 18.4. The fourth-order valence-electron chi connectivity index (χ4n) is 2.37. The minimum absolute atomic E-state index is 0.467. The van der Waals surface area contributed by atoms with Gasteiger partial charge in [-0.2, -0.15) is 0 Å². The van der Waals surface area contributed by atoms with E-state index in [0.29, 0.717) is 0 Å². The molecule has 0 rings (SSSR count). The molecule has 0 aromatic rings.